The molecule has 2 rings (SSSR count). The molecule has 0 spiro atoms. The molecule has 2 aromatic carbocycles. The van der Waals surface area contributed by atoms with E-state index in [2.05, 4.69) is 10.6 Å². The number of carbonyl (C=O) groups excluding carboxylic acids is 2. The molecule has 30 heavy (non-hydrogen) atoms. The number of halogens is 1. The lowest BCUT2D eigenvalue weighted by atomic mass is 10.1. The van der Waals surface area contributed by atoms with Crippen molar-refractivity contribution in [2.45, 2.75) is 26.2 Å². The number of amides is 2. The van der Waals surface area contributed by atoms with Gasteiger partial charge in [0.05, 0.1) is 23.2 Å². The number of carbonyl (C=O) groups is 2. The molecule has 0 fully saturated rings. The first-order valence-electron chi connectivity index (χ1n) is 9.62. The quantitative estimate of drug-likeness (QED) is 0.576. The largest absolute Gasteiger partial charge is 0.352 e. The summed E-state index contributed by atoms with van der Waals surface area (Å²) >= 11 is 5.97. The average molecular weight is 452 g/mol. The second kappa shape index (κ2) is 11.0. The van der Waals surface area contributed by atoms with Gasteiger partial charge in [-0.05, 0) is 43.2 Å². The van der Waals surface area contributed by atoms with E-state index in [1.807, 2.05) is 6.92 Å². The third-order valence-electron chi connectivity index (χ3n) is 4.24. The van der Waals surface area contributed by atoms with Crippen LogP contribution in [0.15, 0.2) is 48.5 Å². The van der Waals surface area contributed by atoms with E-state index in [-0.39, 0.29) is 24.8 Å². The maximum absolute atomic E-state index is 12.4. The van der Waals surface area contributed by atoms with Crippen molar-refractivity contribution in [2.24, 2.45) is 0 Å². The van der Waals surface area contributed by atoms with E-state index < -0.39 is 10.0 Å². The zero-order valence-corrected chi connectivity index (χ0v) is 18.6. The van der Waals surface area contributed by atoms with Crippen molar-refractivity contribution >= 4 is 44.8 Å². The number of sulfonamides is 1. The Hall–Kier alpha value is -2.58. The first-order valence-corrected chi connectivity index (χ1v) is 11.9. The molecule has 0 saturated carbocycles. The summed E-state index contributed by atoms with van der Waals surface area (Å²) in [6, 6.07) is 13.3. The predicted molar refractivity (Wildman–Crippen MR) is 121 cm³/mol. The van der Waals surface area contributed by atoms with Crippen molar-refractivity contribution in [1.82, 2.24) is 5.32 Å². The lowest BCUT2D eigenvalue weighted by Crippen LogP contribution is -2.31. The molecule has 0 aliphatic rings. The number of nitrogens with one attached hydrogen (secondary N) is 2. The smallest absolute Gasteiger partial charge is 0.253 e. The summed E-state index contributed by atoms with van der Waals surface area (Å²) in [5, 5.41) is 5.95. The summed E-state index contributed by atoms with van der Waals surface area (Å²) in [4.78, 5) is 24.6. The van der Waals surface area contributed by atoms with Gasteiger partial charge in [-0.25, -0.2) is 8.42 Å². The number of rotatable bonds is 10. The topological polar surface area (TPSA) is 95.6 Å². The molecule has 0 atom stereocenters. The Morgan fingerprint density at radius 1 is 1.10 bits per heavy atom. The molecule has 2 N–H and O–H groups in total. The van der Waals surface area contributed by atoms with Crippen LogP contribution in [0.2, 0.25) is 5.02 Å². The van der Waals surface area contributed by atoms with Crippen LogP contribution in [0.25, 0.3) is 0 Å². The standard InChI is InChI=1S/C21H26ClN3O4S/c1-3-13-23-21(27)18-10-4-5-11-19(18)24-20(26)12-7-14-25(30(2,28)29)17-9-6-8-16(22)15-17/h4-6,8-11,15H,3,7,12-14H2,1-2H3,(H,23,27)(H,24,26). The highest BCUT2D eigenvalue weighted by Gasteiger charge is 2.18. The molecule has 0 unspecified atom stereocenters. The van der Waals surface area contributed by atoms with Gasteiger partial charge in [0, 0.05) is 24.5 Å². The minimum Gasteiger partial charge on any atom is -0.352 e. The van der Waals surface area contributed by atoms with Crippen molar-refractivity contribution < 1.29 is 18.0 Å². The van der Waals surface area contributed by atoms with Crippen LogP contribution in [0.4, 0.5) is 11.4 Å². The van der Waals surface area contributed by atoms with Gasteiger partial charge in [-0.15, -0.1) is 0 Å². The van der Waals surface area contributed by atoms with Crippen LogP contribution in [-0.4, -0.2) is 39.6 Å². The second-order valence-electron chi connectivity index (χ2n) is 6.77. The van der Waals surface area contributed by atoms with Crippen molar-refractivity contribution in [3.63, 3.8) is 0 Å². The van der Waals surface area contributed by atoms with E-state index >= 15 is 0 Å². The molecular weight excluding hydrogens is 426 g/mol. The first-order chi connectivity index (χ1) is 14.2. The Morgan fingerprint density at radius 3 is 2.50 bits per heavy atom. The van der Waals surface area contributed by atoms with Crippen LogP contribution in [0.5, 0.6) is 0 Å². The van der Waals surface area contributed by atoms with Gasteiger partial charge in [0.15, 0.2) is 0 Å². The zero-order chi connectivity index (χ0) is 22.1. The van der Waals surface area contributed by atoms with E-state index in [0.717, 1.165) is 12.7 Å². The third kappa shape index (κ3) is 7.03. The Morgan fingerprint density at radius 2 is 1.83 bits per heavy atom. The molecule has 0 aliphatic carbocycles. The number of anilines is 2. The van der Waals surface area contributed by atoms with Crippen molar-refractivity contribution in [3.05, 3.63) is 59.1 Å². The van der Waals surface area contributed by atoms with E-state index in [9.17, 15) is 18.0 Å². The summed E-state index contributed by atoms with van der Waals surface area (Å²) in [6.07, 6.45) is 2.32. The van der Waals surface area contributed by atoms with Gasteiger partial charge in [0.25, 0.3) is 5.91 Å². The number of para-hydroxylation sites is 1. The lowest BCUT2D eigenvalue weighted by Gasteiger charge is -2.22. The van der Waals surface area contributed by atoms with Crippen LogP contribution in [0, 0.1) is 0 Å². The SMILES string of the molecule is CCCNC(=O)c1ccccc1NC(=O)CCCN(c1cccc(Cl)c1)S(C)(=O)=O. The highest BCUT2D eigenvalue weighted by molar-refractivity contribution is 7.92. The van der Waals surface area contributed by atoms with Crippen molar-refractivity contribution in [1.29, 1.82) is 0 Å². The molecule has 0 heterocycles. The molecule has 0 saturated heterocycles. The minimum atomic E-state index is -3.53. The van der Waals surface area contributed by atoms with E-state index in [4.69, 9.17) is 11.6 Å². The summed E-state index contributed by atoms with van der Waals surface area (Å²) in [5.74, 6) is -0.553. The number of benzene rings is 2. The minimum absolute atomic E-state index is 0.0947. The Labute approximate surface area is 182 Å². The fourth-order valence-electron chi connectivity index (χ4n) is 2.84. The predicted octanol–water partition coefficient (Wildman–Crippen LogP) is 3.66. The van der Waals surface area contributed by atoms with Crippen LogP contribution in [-0.2, 0) is 14.8 Å². The van der Waals surface area contributed by atoms with E-state index in [1.165, 1.54) is 4.31 Å². The zero-order valence-electron chi connectivity index (χ0n) is 17.0. The summed E-state index contributed by atoms with van der Waals surface area (Å²) in [5.41, 5.74) is 1.25. The van der Waals surface area contributed by atoms with Gasteiger partial charge in [-0.2, -0.15) is 0 Å². The van der Waals surface area contributed by atoms with Crippen LogP contribution < -0.4 is 14.9 Å². The van der Waals surface area contributed by atoms with Crippen LogP contribution in [0.1, 0.15) is 36.5 Å². The first kappa shape index (κ1) is 23.7. The molecule has 0 aromatic heterocycles. The molecular formula is C21H26ClN3O4S. The Balaban J connectivity index is 2.00. The van der Waals surface area contributed by atoms with Crippen molar-refractivity contribution in [3.8, 4) is 0 Å². The van der Waals surface area contributed by atoms with Crippen molar-refractivity contribution in [2.75, 3.05) is 29.0 Å². The molecule has 2 aromatic rings. The molecule has 0 radical (unpaired) electrons. The normalized spacial score (nSPS) is 11.0. The Bertz CT molecular complexity index is 995. The van der Waals surface area contributed by atoms with Crippen LogP contribution >= 0.6 is 11.6 Å². The number of hydrogen-bond donors (Lipinski definition) is 2. The average Bonchev–Trinajstić information content (AvgIpc) is 2.69. The van der Waals surface area contributed by atoms with Gasteiger partial charge < -0.3 is 10.6 Å². The van der Waals surface area contributed by atoms with Gasteiger partial charge in [-0.3, -0.25) is 13.9 Å². The summed E-state index contributed by atoms with van der Waals surface area (Å²) < 4.78 is 25.5. The highest BCUT2D eigenvalue weighted by Crippen LogP contribution is 2.22. The molecule has 2 amide bonds. The fraction of sp³-hybridized carbons (Fsp3) is 0.333. The monoisotopic (exact) mass is 451 g/mol. The molecule has 162 valence electrons. The van der Waals surface area contributed by atoms with Gasteiger partial charge >= 0.3 is 0 Å². The third-order valence-corrected chi connectivity index (χ3v) is 5.67. The fourth-order valence-corrected chi connectivity index (χ4v) is 3.98. The second-order valence-corrected chi connectivity index (χ2v) is 9.11. The number of hydrogen-bond acceptors (Lipinski definition) is 4. The number of nitrogens with zero attached hydrogens (tertiary/aromatic N) is 1. The molecule has 0 bridgehead atoms. The molecule has 9 heteroatoms. The van der Waals surface area contributed by atoms with E-state index in [1.54, 1.807) is 48.5 Å². The van der Waals surface area contributed by atoms with E-state index in [0.29, 0.717) is 34.9 Å². The summed E-state index contributed by atoms with van der Waals surface area (Å²) in [6.45, 7) is 2.63. The lowest BCUT2D eigenvalue weighted by molar-refractivity contribution is -0.116. The maximum atomic E-state index is 12.4. The molecule has 7 nitrogen and oxygen atoms in total. The summed E-state index contributed by atoms with van der Waals surface area (Å²) in [7, 11) is -3.53. The highest BCUT2D eigenvalue weighted by atomic mass is 35.5. The van der Waals surface area contributed by atoms with Gasteiger partial charge in [-0.1, -0.05) is 36.7 Å². The maximum Gasteiger partial charge on any atom is 0.253 e. The molecule has 0 aliphatic heterocycles. The van der Waals surface area contributed by atoms with Crippen LogP contribution in [0.3, 0.4) is 0 Å². The van der Waals surface area contributed by atoms with Gasteiger partial charge in [0.1, 0.15) is 0 Å². The van der Waals surface area contributed by atoms with Gasteiger partial charge in [0.2, 0.25) is 15.9 Å². The Kier molecular flexibility index (Phi) is 8.68.